The van der Waals surface area contributed by atoms with Crippen LogP contribution in [0.3, 0.4) is 0 Å². The van der Waals surface area contributed by atoms with Crippen LogP contribution in [-0.2, 0) is 13.1 Å². The van der Waals surface area contributed by atoms with Crippen molar-refractivity contribution in [3.63, 3.8) is 0 Å². The van der Waals surface area contributed by atoms with E-state index < -0.39 is 0 Å². The molecule has 0 saturated carbocycles. The summed E-state index contributed by atoms with van der Waals surface area (Å²) >= 11 is 3.39. The second-order valence-corrected chi connectivity index (χ2v) is 5.83. The normalized spacial score (nSPS) is 11.2. The van der Waals surface area contributed by atoms with Crippen LogP contribution in [0.1, 0.15) is 30.8 Å². The van der Waals surface area contributed by atoms with Crippen molar-refractivity contribution in [2.24, 2.45) is 0 Å². The zero-order chi connectivity index (χ0) is 13.8. The molecule has 0 spiro atoms. The van der Waals surface area contributed by atoms with E-state index in [2.05, 4.69) is 52.1 Å². The van der Waals surface area contributed by atoms with E-state index in [1.54, 1.807) is 0 Å². The fourth-order valence-electron chi connectivity index (χ4n) is 1.79. The van der Waals surface area contributed by atoms with Crippen molar-refractivity contribution in [1.29, 1.82) is 0 Å². The molecule has 19 heavy (non-hydrogen) atoms. The van der Waals surface area contributed by atoms with Gasteiger partial charge in [0.05, 0.1) is 18.4 Å². The van der Waals surface area contributed by atoms with Gasteiger partial charge < -0.3 is 5.32 Å². The molecule has 2 heterocycles. The Morgan fingerprint density at radius 2 is 2.11 bits per heavy atom. The molecule has 0 aliphatic carbocycles. The van der Waals surface area contributed by atoms with E-state index in [4.69, 9.17) is 0 Å². The molecule has 102 valence electrons. The smallest absolute Gasteiger partial charge is 0.0834 e. The van der Waals surface area contributed by atoms with Gasteiger partial charge in [-0.15, -0.1) is 0 Å². The first-order chi connectivity index (χ1) is 9.06. The Morgan fingerprint density at radius 3 is 2.74 bits per heavy atom. The summed E-state index contributed by atoms with van der Waals surface area (Å²) in [7, 11) is 0. The molecule has 0 saturated heterocycles. The number of nitrogens with one attached hydrogen (secondary N) is 1. The zero-order valence-corrected chi connectivity index (χ0v) is 13.1. The summed E-state index contributed by atoms with van der Waals surface area (Å²) in [6, 6.07) is 4.50. The number of hydrogen-bond acceptors (Lipinski definition) is 3. The average Bonchev–Trinajstić information content (AvgIpc) is 2.71. The van der Waals surface area contributed by atoms with Crippen molar-refractivity contribution in [3.8, 4) is 0 Å². The standard InChI is InChI=1S/C14H19BrN4/c1-10(2)16-6-12-7-18-19(11(12)3)9-14-5-4-13(15)8-17-14/h4-5,7-8,10,16H,6,9H2,1-3H3. The Balaban J connectivity index is 2.07. The van der Waals surface area contributed by atoms with Gasteiger partial charge in [-0.2, -0.15) is 5.10 Å². The molecule has 4 nitrogen and oxygen atoms in total. The Hall–Kier alpha value is -1.20. The van der Waals surface area contributed by atoms with Crippen LogP contribution in [0, 0.1) is 6.92 Å². The lowest BCUT2D eigenvalue weighted by atomic mass is 10.2. The maximum Gasteiger partial charge on any atom is 0.0834 e. The molecule has 0 fully saturated rings. The molecule has 1 N–H and O–H groups in total. The van der Waals surface area contributed by atoms with Crippen LogP contribution in [0.15, 0.2) is 29.0 Å². The van der Waals surface area contributed by atoms with Gasteiger partial charge in [-0.25, -0.2) is 0 Å². The summed E-state index contributed by atoms with van der Waals surface area (Å²) in [6.07, 6.45) is 3.75. The maximum absolute atomic E-state index is 4.44. The Bertz CT molecular complexity index is 531. The summed E-state index contributed by atoms with van der Waals surface area (Å²) in [5.74, 6) is 0. The van der Waals surface area contributed by atoms with Crippen LogP contribution in [0.25, 0.3) is 0 Å². The van der Waals surface area contributed by atoms with E-state index in [1.807, 2.05) is 29.2 Å². The van der Waals surface area contributed by atoms with E-state index in [-0.39, 0.29) is 0 Å². The first-order valence-electron chi connectivity index (χ1n) is 6.41. The van der Waals surface area contributed by atoms with Gasteiger partial charge in [0.2, 0.25) is 0 Å². The molecular weight excluding hydrogens is 304 g/mol. The third kappa shape index (κ3) is 3.88. The topological polar surface area (TPSA) is 42.7 Å². The van der Waals surface area contributed by atoms with Gasteiger partial charge in [0.1, 0.15) is 0 Å². The predicted molar refractivity (Wildman–Crippen MR) is 80.0 cm³/mol. The number of rotatable bonds is 5. The zero-order valence-electron chi connectivity index (χ0n) is 11.5. The summed E-state index contributed by atoms with van der Waals surface area (Å²) in [5.41, 5.74) is 3.45. The fraction of sp³-hybridized carbons (Fsp3) is 0.429. The number of hydrogen-bond donors (Lipinski definition) is 1. The maximum atomic E-state index is 4.44. The molecule has 0 aromatic carbocycles. The minimum atomic E-state index is 0.482. The van der Waals surface area contributed by atoms with E-state index in [1.165, 1.54) is 11.3 Å². The van der Waals surface area contributed by atoms with Crippen LogP contribution >= 0.6 is 15.9 Å². The van der Waals surface area contributed by atoms with Crippen molar-refractivity contribution >= 4 is 15.9 Å². The summed E-state index contributed by atoms with van der Waals surface area (Å²) in [6.45, 7) is 7.96. The van der Waals surface area contributed by atoms with E-state index in [0.29, 0.717) is 12.6 Å². The first kappa shape index (κ1) is 14.2. The largest absolute Gasteiger partial charge is 0.310 e. The monoisotopic (exact) mass is 322 g/mol. The summed E-state index contributed by atoms with van der Waals surface area (Å²) < 4.78 is 2.99. The highest BCUT2D eigenvalue weighted by molar-refractivity contribution is 9.10. The molecular formula is C14H19BrN4. The van der Waals surface area contributed by atoms with Gasteiger partial charge in [0.25, 0.3) is 0 Å². The van der Waals surface area contributed by atoms with E-state index in [0.717, 1.165) is 16.7 Å². The molecule has 0 radical (unpaired) electrons. The second-order valence-electron chi connectivity index (χ2n) is 4.92. The SMILES string of the molecule is Cc1c(CNC(C)C)cnn1Cc1ccc(Br)cn1. The molecule has 0 atom stereocenters. The lowest BCUT2D eigenvalue weighted by Gasteiger charge is -2.08. The first-order valence-corrected chi connectivity index (χ1v) is 7.20. The lowest BCUT2D eigenvalue weighted by Crippen LogP contribution is -2.22. The van der Waals surface area contributed by atoms with Crippen LogP contribution in [-0.4, -0.2) is 20.8 Å². The number of halogens is 1. The molecule has 5 heteroatoms. The predicted octanol–water partition coefficient (Wildman–Crippen LogP) is 2.90. The number of pyridine rings is 1. The molecule has 0 aliphatic heterocycles. The molecule has 0 unspecified atom stereocenters. The van der Waals surface area contributed by atoms with Crippen molar-refractivity contribution < 1.29 is 0 Å². The van der Waals surface area contributed by atoms with Crippen molar-refractivity contribution in [3.05, 3.63) is 46.0 Å². The molecule has 2 rings (SSSR count). The highest BCUT2D eigenvalue weighted by Crippen LogP contribution is 2.11. The molecule has 2 aromatic rings. The number of nitrogens with zero attached hydrogens (tertiary/aromatic N) is 3. The van der Waals surface area contributed by atoms with Crippen LogP contribution in [0.2, 0.25) is 0 Å². The summed E-state index contributed by atoms with van der Waals surface area (Å²) in [5, 5.41) is 7.85. The van der Waals surface area contributed by atoms with Gasteiger partial charge in [-0.05, 0) is 35.0 Å². The van der Waals surface area contributed by atoms with Crippen LogP contribution < -0.4 is 5.32 Å². The third-order valence-electron chi connectivity index (χ3n) is 3.01. The van der Waals surface area contributed by atoms with Gasteiger partial charge in [-0.3, -0.25) is 9.67 Å². The Labute approximate surface area is 122 Å². The van der Waals surface area contributed by atoms with E-state index in [9.17, 15) is 0 Å². The molecule has 0 amide bonds. The summed E-state index contributed by atoms with van der Waals surface area (Å²) in [4.78, 5) is 4.37. The molecule has 0 aliphatic rings. The van der Waals surface area contributed by atoms with Gasteiger partial charge in [-0.1, -0.05) is 13.8 Å². The Morgan fingerprint density at radius 1 is 1.32 bits per heavy atom. The average molecular weight is 323 g/mol. The second kappa shape index (κ2) is 6.30. The Kier molecular flexibility index (Phi) is 4.71. The number of aromatic nitrogens is 3. The minimum Gasteiger partial charge on any atom is -0.310 e. The van der Waals surface area contributed by atoms with Crippen LogP contribution in [0.5, 0.6) is 0 Å². The lowest BCUT2D eigenvalue weighted by molar-refractivity contribution is 0.585. The highest BCUT2D eigenvalue weighted by Gasteiger charge is 2.07. The van der Waals surface area contributed by atoms with Crippen molar-refractivity contribution in [2.45, 2.75) is 39.9 Å². The van der Waals surface area contributed by atoms with Gasteiger partial charge in [0.15, 0.2) is 0 Å². The van der Waals surface area contributed by atoms with E-state index >= 15 is 0 Å². The highest BCUT2D eigenvalue weighted by atomic mass is 79.9. The molecule has 0 bridgehead atoms. The minimum absolute atomic E-state index is 0.482. The van der Waals surface area contributed by atoms with Crippen molar-refractivity contribution in [2.75, 3.05) is 0 Å². The van der Waals surface area contributed by atoms with Gasteiger partial charge >= 0.3 is 0 Å². The quantitative estimate of drug-likeness (QED) is 0.920. The van der Waals surface area contributed by atoms with Crippen LogP contribution in [0.4, 0.5) is 0 Å². The van der Waals surface area contributed by atoms with Crippen molar-refractivity contribution in [1.82, 2.24) is 20.1 Å². The van der Waals surface area contributed by atoms with Gasteiger partial charge in [0, 0.05) is 34.5 Å². The third-order valence-corrected chi connectivity index (χ3v) is 3.48. The molecule has 2 aromatic heterocycles. The fourth-order valence-corrected chi connectivity index (χ4v) is 2.02.